The number of carbonyl (C=O) groups excluding carboxylic acids is 1. The molecular formula is C22H19FN4O3. The number of nitrogens with one attached hydrogen (secondary N) is 1. The Morgan fingerprint density at radius 3 is 2.77 bits per heavy atom. The Morgan fingerprint density at radius 1 is 1.13 bits per heavy atom. The predicted octanol–water partition coefficient (Wildman–Crippen LogP) is 3.52. The zero-order chi connectivity index (χ0) is 20.7. The number of carbonyl (C=O) groups is 1. The Balaban J connectivity index is 1.44. The van der Waals surface area contributed by atoms with Crippen molar-refractivity contribution >= 4 is 39.4 Å². The lowest BCUT2D eigenvalue weighted by Gasteiger charge is -2.22. The lowest BCUT2D eigenvalue weighted by molar-refractivity contribution is -0.116. The summed E-state index contributed by atoms with van der Waals surface area (Å²) in [6.07, 6.45) is 3.37. The molecule has 7 nitrogen and oxygen atoms in total. The van der Waals surface area contributed by atoms with Gasteiger partial charge < -0.3 is 14.6 Å². The number of amides is 1. The molecular weight excluding hydrogens is 387 g/mol. The highest BCUT2D eigenvalue weighted by atomic mass is 19.1. The average Bonchev–Trinajstić information content (AvgIpc) is 3.40. The van der Waals surface area contributed by atoms with Gasteiger partial charge in [0.2, 0.25) is 11.5 Å². The third-order valence-corrected chi connectivity index (χ3v) is 5.37. The van der Waals surface area contributed by atoms with E-state index in [0.29, 0.717) is 16.8 Å². The van der Waals surface area contributed by atoms with E-state index in [9.17, 15) is 14.0 Å². The van der Waals surface area contributed by atoms with Crippen LogP contribution in [0, 0.1) is 5.82 Å². The molecule has 152 valence electrons. The average molecular weight is 406 g/mol. The van der Waals surface area contributed by atoms with Crippen LogP contribution in [0.25, 0.3) is 22.1 Å². The minimum absolute atomic E-state index is 0.0927. The fraction of sp³-hybridized carbons (Fsp3) is 0.227. The fourth-order valence-electron chi connectivity index (χ4n) is 3.92. The molecule has 0 unspecified atom stereocenters. The van der Waals surface area contributed by atoms with Crippen molar-refractivity contribution in [2.45, 2.75) is 19.4 Å². The topological polar surface area (TPSA) is 80.4 Å². The second-order valence-corrected chi connectivity index (χ2v) is 7.33. The second-order valence-electron chi connectivity index (χ2n) is 7.33. The molecule has 0 atom stereocenters. The minimum Gasteiger partial charge on any atom is -0.448 e. The molecule has 0 radical (unpaired) electrons. The van der Waals surface area contributed by atoms with Crippen LogP contribution in [-0.2, 0) is 11.3 Å². The van der Waals surface area contributed by atoms with E-state index in [1.165, 1.54) is 12.4 Å². The Bertz CT molecular complexity index is 1320. The number of halogens is 1. The third-order valence-electron chi connectivity index (χ3n) is 5.37. The first kappa shape index (κ1) is 18.4. The molecule has 1 aliphatic heterocycles. The van der Waals surface area contributed by atoms with Crippen LogP contribution in [-0.4, -0.2) is 28.5 Å². The maximum absolute atomic E-state index is 14.5. The second kappa shape index (κ2) is 7.29. The molecule has 5 rings (SSSR count). The molecule has 1 saturated heterocycles. The molecule has 1 amide bonds. The van der Waals surface area contributed by atoms with Crippen LogP contribution in [0.15, 0.2) is 58.0 Å². The summed E-state index contributed by atoms with van der Waals surface area (Å²) in [4.78, 5) is 31.8. The number of hydrogen-bond donors (Lipinski definition) is 1. The molecule has 30 heavy (non-hydrogen) atoms. The van der Waals surface area contributed by atoms with Gasteiger partial charge in [0.15, 0.2) is 0 Å². The molecule has 1 fully saturated rings. The van der Waals surface area contributed by atoms with Crippen LogP contribution in [0.5, 0.6) is 0 Å². The highest BCUT2D eigenvalue weighted by Gasteiger charge is 2.20. The molecule has 2 aromatic carbocycles. The number of aromatic nitrogens is 2. The van der Waals surface area contributed by atoms with Gasteiger partial charge in [-0.1, -0.05) is 18.2 Å². The van der Waals surface area contributed by atoms with E-state index in [4.69, 9.17) is 4.42 Å². The minimum atomic E-state index is -0.514. The standard InChI is InChI=1S/C22H19FN4O3/c23-15-7-5-8-16(26-10-3-4-11-26)20(15)25-18(28)12-27-13-24-19-14-6-1-2-9-17(14)30-21(19)22(27)29/h1-2,5-9,13H,3-4,10-12H2,(H,25,28). The lowest BCUT2D eigenvalue weighted by Crippen LogP contribution is -2.29. The monoisotopic (exact) mass is 406 g/mol. The van der Waals surface area contributed by atoms with Gasteiger partial charge in [0.05, 0.1) is 12.0 Å². The summed E-state index contributed by atoms with van der Waals surface area (Å²) >= 11 is 0. The van der Waals surface area contributed by atoms with Crippen LogP contribution in [0.1, 0.15) is 12.8 Å². The summed E-state index contributed by atoms with van der Waals surface area (Å²) in [6.45, 7) is 1.34. The first-order valence-corrected chi connectivity index (χ1v) is 9.82. The molecule has 0 bridgehead atoms. The van der Waals surface area contributed by atoms with E-state index in [1.807, 2.05) is 23.1 Å². The molecule has 0 spiro atoms. The van der Waals surface area contributed by atoms with E-state index in [0.717, 1.165) is 35.9 Å². The molecule has 0 aliphatic carbocycles. The van der Waals surface area contributed by atoms with Crippen molar-refractivity contribution in [3.63, 3.8) is 0 Å². The summed E-state index contributed by atoms with van der Waals surface area (Å²) in [6, 6.07) is 12.0. The van der Waals surface area contributed by atoms with Crippen LogP contribution in [0.4, 0.5) is 15.8 Å². The number of rotatable bonds is 4. The van der Waals surface area contributed by atoms with Gasteiger partial charge in [-0.15, -0.1) is 0 Å². The number of fused-ring (bicyclic) bond motifs is 3. The van der Waals surface area contributed by atoms with Gasteiger partial charge in [-0.2, -0.15) is 0 Å². The summed E-state index contributed by atoms with van der Waals surface area (Å²) in [7, 11) is 0. The van der Waals surface area contributed by atoms with Crippen molar-refractivity contribution in [2.75, 3.05) is 23.3 Å². The Labute approximate surface area is 170 Å². The van der Waals surface area contributed by atoms with Crippen molar-refractivity contribution in [3.05, 3.63) is 65.0 Å². The lowest BCUT2D eigenvalue weighted by atomic mass is 10.2. The van der Waals surface area contributed by atoms with E-state index in [1.54, 1.807) is 18.2 Å². The van der Waals surface area contributed by atoms with E-state index in [-0.39, 0.29) is 17.8 Å². The highest BCUT2D eigenvalue weighted by Crippen LogP contribution is 2.31. The molecule has 1 aliphatic rings. The van der Waals surface area contributed by atoms with Gasteiger partial charge in [-0.05, 0) is 37.1 Å². The van der Waals surface area contributed by atoms with Gasteiger partial charge in [0.25, 0.3) is 5.56 Å². The molecule has 8 heteroatoms. The van der Waals surface area contributed by atoms with Gasteiger partial charge in [-0.3, -0.25) is 14.2 Å². The van der Waals surface area contributed by atoms with Crippen LogP contribution < -0.4 is 15.8 Å². The van der Waals surface area contributed by atoms with Crippen molar-refractivity contribution in [2.24, 2.45) is 0 Å². The van der Waals surface area contributed by atoms with Gasteiger partial charge >= 0.3 is 0 Å². The summed E-state index contributed by atoms with van der Waals surface area (Å²) in [5.74, 6) is -1.02. The van der Waals surface area contributed by atoms with Crippen LogP contribution >= 0.6 is 0 Å². The van der Waals surface area contributed by atoms with Gasteiger partial charge in [-0.25, -0.2) is 9.37 Å². The number of anilines is 2. The van der Waals surface area contributed by atoms with Crippen molar-refractivity contribution < 1.29 is 13.6 Å². The van der Waals surface area contributed by atoms with Crippen LogP contribution in [0.3, 0.4) is 0 Å². The largest absolute Gasteiger partial charge is 0.448 e. The fourth-order valence-corrected chi connectivity index (χ4v) is 3.92. The molecule has 4 aromatic rings. The van der Waals surface area contributed by atoms with Crippen LogP contribution in [0.2, 0.25) is 0 Å². The first-order valence-electron chi connectivity index (χ1n) is 9.82. The van der Waals surface area contributed by atoms with E-state index < -0.39 is 17.3 Å². The SMILES string of the molecule is O=C(Cn1cnc2c(oc3ccccc32)c1=O)Nc1c(F)cccc1N1CCCC1. The number of furan rings is 1. The van der Waals surface area contributed by atoms with E-state index >= 15 is 0 Å². The number of hydrogen-bond acceptors (Lipinski definition) is 5. The van der Waals surface area contributed by atoms with Crippen molar-refractivity contribution in [1.82, 2.24) is 9.55 Å². The summed E-state index contributed by atoms with van der Waals surface area (Å²) in [5, 5.41) is 3.37. The van der Waals surface area contributed by atoms with E-state index in [2.05, 4.69) is 10.3 Å². The number of nitrogens with zero attached hydrogens (tertiary/aromatic N) is 3. The third kappa shape index (κ3) is 3.10. The number of para-hydroxylation sites is 2. The quantitative estimate of drug-likeness (QED) is 0.561. The van der Waals surface area contributed by atoms with Crippen molar-refractivity contribution in [3.8, 4) is 0 Å². The zero-order valence-electron chi connectivity index (χ0n) is 16.1. The highest BCUT2D eigenvalue weighted by molar-refractivity contribution is 6.02. The summed E-state index contributed by atoms with van der Waals surface area (Å²) < 4.78 is 21.3. The van der Waals surface area contributed by atoms with Gasteiger partial charge in [0, 0.05) is 18.5 Å². The molecule has 2 aromatic heterocycles. The van der Waals surface area contributed by atoms with Gasteiger partial charge in [0.1, 0.15) is 29.1 Å². The molecule has 1 N–H and O–H groups in total. The maximum atomic E-state index is 14.5. The Hall–Kier alpha value is -3.68. The smallest absolute Gasteiger partial charge is 0.297 e. The first-order chi connectivity index (χ1) is 14.6. The Kier molecular flexibility index (Phi) is 4.46. The Morgan fingerprint density at radius 2 is 1.93 bits per heavy atom. The molecule has 3 heterocycles. The predicted molar refractivity (Wildman–Crippen MR) is 112 cm³/mol. The zero-order valence-corrected chi connectivity index (χ0v) is 16.1. The normalized spacial score (nSPS) is 14.0. The molecule has 0 saturated carbocycles. The summed E-state index contributed by atoms with van der Waals surface area (Å²) in [5.41, 5.74) is 1.43. The maximum Gasteiger partial charge on any atom is 0.297 e. The number of benzene rings is 2. The van der Waals surface area contributed by atoms with Crippen molar-refractivity contribution in [1.29, 1.82) is 0 Å².